The maximum absolute atomic E-state index is 5.86. The Kier molecular flexibility index (Phi) is 4.41. The number of nitrogens with one attached hydrogen (secondary N) is 1. The van der Waals surface area contributed by atoms with Crippen molar-refractivity contribution in [3.63, 3.8) is 0 Å². The van der Waals surface area contributed by atoms with Crippen molar-refractivity contribution in [1.82, 2.24) is 14.9 Å². The molecule has 1 fully saturated rings. The zero-order chi connectivity index (χ0) is 14.7. The standard InChI is InChI=1S/C16H23N3O2/c1-12(2)16-17-14-4-3-13(11-15(14)18-16)21-10-7-19-5-8-20-9-6-19/h3-4,11-12H,5-10H2,1-2H3,(H,17,18). The molecular weight excluding hydrogens is 266 g/mol. The average Bonchev–Trinajstić information content (AvgIpc) is 2.92. The van der Waals surface area contributed by atoms with Gasteiger partial charge in [0.15, 0.2) is 0 Å². The number of H-pyrrole nitrogens is 1. The first kappa shape index (κ1) is 14.4. The van der Waals surface area contributed by atoms with Crippen molar-refractivity contribution in [3.8, 4) is 5.75 Å². The quantitative estimate of drug-likeness (QED) is 0.918. The third kappa shape index (κ3) is 3.54. The third-order valence-corrected chi connectivity index (χ3v) is 3.80. The maximum atomic E-state index is 5.86. The number of morpholine rings is 1. The molecule has 2 heterocycles. The van der Waals surface area contributed by atoms with Crippen LogP contribution < -0.4 is 4.74 Å². The number of hydrogen-bond donors (Lipinski definition) is 1. The van der Waals surface area contributed by atoms with Crippen LogP contribution in [0.2, 0.25) is 0 Å². The van der Waals surface area contributed by atoms with E-state index in [9.17, 15) is 0 Å². The van der Waals surface area contributed by atoms with E-state index in [1.165, 1.54) is 0 Å². The molecule has 0 amide bonds. The SMILES string of the molecule is CC(C)c1nc2ccc(OCCN3CCOCC3)cc2[nH]1. The fraction of sp³-hybridized carbons (Fsp3) is 0.562. The first-order chi connectivity index (χ1) is 10.2. The van der Waals surface area contributed by atoms with Gasteiger partial charge in [-0.2, -0.15) is 0 Å². The second kappa shape index (κ2) is 6.45. The summed E-state index contributed by atoms with van der Waals surface area (Å²) in [6.07, 6.45) is 0. The molecular formula is C16H23N3O2. The summed E-state index contributed by atoms with van der Waals surface area (Å²) in [5.41, 5.74) is 2.04. The van der Waals surface area contributed by atoms with Gasteiger partial charge in [0.25, 0.3) is 0 Å². The fourth-order valence-corrected chi connectivity index (χ4v) is 2.49. The summed E-state index contributed by atoms with van der Waals surface area (Å²) in [5.74, 6) is 2.33. The van der Waals surface area contributed by atoms with Crippen LogP contribution in [0.25, 0.3) is 11.0 Å². The van der Waals surface area contributed by atoms with E-state index in [1.54, 1.807) is 0 Å². The molecule has 0 bridgehead atoms. The molecule has 5 heteroatoms. The molecule has 1 aromatic heterocycles. The van der Waals surface area contributed by atoms with E-state index < -0.39 is 0 Å². The molecule has 1 aliphatic heterocycles. The Morgan fingerprint density at radius 3 is 2.90 bits per heavy atom. The first-order valence-corrected chi connectivity index (χ1v) is 7.65. The van der Waals surface area contributed by atoms with Gasteiger partial charge in [-0.25, -0.2) is 4.98 Å². The van der Waals surface area contributed by atoms with Gasteiger partial charge in [-0.15, -0.1) is 0 Å². The minimum Gasteiger partial charge on any atom is -0.492 e. The van der Waals surface area contributed by atoms with Gasteiger partial charge in [-0.05, 0) is 12.1 Å². The Morgan fingerprint density at radius 1 is 1.33 bits per heavy atom. The van der Waals surface area contributed by atoms with Crippen LogP contribution in [-0.4, -0.2) is 54.3 Å². The minimum absolute atomic E-state index is 0.406. The minimum atomic E-state index is 0.406. The molecule has 114 valence electrons. The van der Waals surface area contributed by atoms with E-state index in [4.69, 9.17) is 9.47 Å². The lowest BCUT2D eigenvalue weighted by atomic mass is 10.2. The summed E-state index contributed by atoms with van der Waals surface area (Å²) in [6, 6.07) is 6.04. The summed E-state index contributed by atoms with van der Waals surface area (Å²) in [4.78, 5) is 10.3. The number of fused-ring (bicyclic) bond motifs is 1. The van der Waals surface area contributed by atoms with Crippen molar-refractivity contribution in [3.05, 3.63) is 24.0 Å². The van der Waals surface area contributed by atoms with Gasteiger partial charge in [0.05, 0.1) is 24.2 Å². The number of nitrogens with zero attached hydrogens (tertiary/aromatic N) is 2. The molecule has 1 N–H and O–H groups in total. The first-order valence-electron chi connectivity index (χ1n) is 7.65. The molecule has 0 unspecified atom stereocenters. The lowest BCUT2D eigenvalue weighted by Crippen LogP contribution is -2.38. The predicted octanol–water partition coefficient (Wildman–Crippen LogP) is 2.40. The van der Waals surface area contributed by atoms with Crippen LogP contribution in [0.3, 0.4) is 0 Å². The van der Waals surface area contributed by atoms with Crippen molar-refractivity contribution in [2.24, 2.45) is 0 Å². The van der Waals surface area contributed by atoms with Crippen LogP contribution in [-0.2, 0) is 4.74 Å². The summed E-state index contributed by atoms with van der Waals surface area (Å²) < 4.78 is 11.2. The highest BCUT2D eigenvalue weighted by Crippen LogP contribution is 2.21. The molecule has 5 nitrogen and oxygen atoms in total. The third-order valence-electron chi connectivity index (χ3n) is 3.80. The molecule has 3 rings (SSSR count). The van der Waals surface area contributed by atoms with Crippen LogP contribution in [0.15, 0.2) is 18.2 Å². The van der Waals surface area contributed by atoms with Gasteiger partial charge in [-0.1, -0.05) is 13.8 Å². The molecule has 0 saturated carbocycles. The molecule has 0 atom stereocenters. The van der Waals surface area contributed by atoms with E-state index in [0.29, 0.717) is 12.5 Å². The normalized spacial score (nSPS) is 16.7. The van der Waals surface area contributed by atoms with E-state index in [-0.39, 0.29) is 0 Å². The van der Waals surface area contributed by atoms with Crippen LogP contribution in [0.4, 0.5) is 0 Å². The Balaban J connectivity index is 1.58. The van der Waals surface area contributed by atoms with Gasteiger partial charge in [0.1, 0.15) is 18.2 Å². The zero-order valence-electron chi connectivity index (χ0n) is 12.8. The Labute approximate surface area is 125 Å². The second-order valence-electron chi connectivity index (χ2n) is 5.76. The van der Waals surface area contributed by atoms with E-state index in [1.807, 2.05) is 18.2 Å². The number of ether oxygens (including phenoxy) is 2. The van der Waals surface area contributed by atoms with Crippen LogP contribution in [0, 0.1) is 0 Å². The predicted molar refractivity (Wildman–Crippen MR) is 82.9 cm³/mol. The van der Waals surface area contributed by atoms with Gasteiger partial charge in [-0.3, -0.25) is 4.90 Å². The van der Waals surface area contributed by atoms with Crippen molar-refractivity contribution < 1.29 is 9.47 Å². The van der Waals surface area contributed by atoms with E-state index in [2.05, 4.69) is 28.7 Å². The number of aromatic nitrogens is 2. The van der Waals surface area contributed by atoms with Gasteiger partial charge >= 0.3 is 0 Å². The monoisotopic (exact) mass is 289 g/mol. The van der Waals surface area contributed by atoms with Crippen molar-refractivity contribution >= 4 is 11.0 Å². The number of rotatable bonds is 5. The average molecular weight is 289 g/mol. The summed E-state index contributed by atoms with van der Waals surface area (Å²) in [7, 11) is 0. The molecule has 0 aliphatic carbocycles. The topological polar surface area (TPSA) is 50.4 Å². The maximum Gasteiger partial charge on any atom is 0.121 e. The van der Waals surface area contributed by atoms with Crippen LogP contribution in [0.1, 0.15) is 25.6 Å². The second-order valence-corrected chi connectivity index (χ2v) is 5.76. The highest BCUT2D eigenvalue weighted by Gasteiger charge is 2.10. The smallest absolute Gasteiger partial charge is 0.121 e. The fourth-order valence-electron chi connectivity index (χ4n) is 2.49. The molecule has 21 heavy (non-hydrogen) atoms. The van der Waals surface area contributed by atoms with Crippen LogP contribution >= 0.6 is 0 Å². The van der Waals surface area contributed by atoms with Gasteiger partial charge in [0.2, 0.25) is 0 Å². The highest BCUT2D eigenvalue weighted by atomic mass is 16.5. The van der Waals surface area contributed by atoms with Gasteiger partial charge in [0, 0.05) is 31.6 Å². The number of aromatic amines is 1. The Bertz CT molecular complexity index is 588. The molecule has 1 saturated heterocycles. The molecule has 1 aromatic carbocycles. The molecule has 0 spiro atoms. The Hall–Kier alpha value is -1.59. The Morgan fingerprint density at radius 2 is 2.14 bits per heavy atom. The van der Waals surface area contributed by atoms with Crippen molar-refractivity contribution in [2.45, 2.75) is 19.8 Å². The summed E-state index contributed by atoms with van der Waals surface area (Å²) in [6.45, 7) is 9.59. The molecule has 2 aromatic rings. The molecule has 0 radical (unpaired) electrons. The lowest BCUT2D eigenvalue weighted by molar-refractivity contribution is 0.0322. The lowest BCUT2D eigenvalue weighted by Gasteiger charge is -2.26. The highest BCUT2D eigenvalue weighted by molar-refractivity contribution is 5.76. The number of benzene rings is 1. The molecule has 1 aliphatic rings. The van der Waals surface area contributed by atoms with Gasteiger partial charge < -0.3 is 14.5 Å². The number of hydrogen-bond acceptors (Lipinski definition) is 4. The van der Waals surface area contributed by atoms with E-state index >= 15 is 0 Å². The van der Waals surface area contributed by atoms with Crippen molar-refractivity contribution in [2.75, 3.05) is 39.5 Å². The van der Waals surface area contributed by atoms with Crippen LogP contribution in [0.5, 0.6) is 5.75 Å². The zero-order valence-corrected chi connectivity index (χ0v) is 12.8. The van der Waals surface area contributed by atoms with E-state index in [0.717, 1.165) is 55.5 Å². The van der Waals surface area contributed by atoms with Crippen molar-refractivity contribution in [1.29, 1.82) is 0 Å². The largest absolute Gasteiger partial charge is 0.492 e. The number of imidazole rings is 1. The summed E-state index contributed by atoms with van der Waals surface area (Å²) >= 11 is 0. The summed E-state index contributed by atoms with van der Waals surface area (Å²) in [5, 5.41) is 0.